The SMILES string of the molecule is CCCOc1ccc(N2C(=O)[C@@H]3[C@H](ON(c4ccccc4)[C@@H]3c3ccc(-c4ccc(Cl)cc4Cl)o3)C2=O)cc1. The molecule has 6 rings (SSSR count). The van der Waals surface area contributed by atoms with E-state index in [4.69, 9.17) is 37.2 Å². The Morgan fingerprint density at radius 1 is 0.872 bits per heavy atom. The van der Waals surface area contributed by atoms with E-state index in [1.165, 1.54) is 4.90 Å². The third-order valence-electron chi connectivity index (χ3n) is 6.81. The van der Waals surface area contributed by atoms with Crippen LogP contribution in [0, 0.1) is 5.92 Å². The van der Waals surface area contributed by atoms with Crippen LogP contribution in [0.25, 0.3) is 11.3 Å². The Kier molecular flexibility index (Phi) is 6.81. The number of amides is 2. The van der Waals surface area contributed by atoms with E-state index in [2.05, 4.69) is 0 Å². The van der Waals surface area contributed by atoms with E-state index in [9.17, 15) is 9.59 Å². The molecule has 4 aromatic rings. The van der Waals surface area contributed by atoms with Crippen LogP contribution in [-0.2, 0) is 14.4 Å². The van der Waals surface area contributed by atoms with Crippen molar-refractivity contribution >= 4 is 46.4 Å². The highest BCUT2D eigenvalue weighted by Crippen LogP contribution is 2.48. The normalized spacial score (nSPS) is 20.5. The van der Waals surface area contributed by atoms with E-state index in [1.807, 2.05) is 37.3 Å². The van der Waals surface area contributed by atoms with Gasteiger partial charge in [0.1, 0.15) is 29.2 Å². The van der Waals surface area contributed by atoms with Crippen molar-refractivity contribution in [2.45, 2.75) is 25.5 Å². The average Bonchev–Trinajstić information content (AvgIpc) is 3.63. The van der Waals surface area contributed by atoms with Gasteiger partial charge in [-0.25, -0.2) is 9.96 Å². The molecule has 2 fully saturated rings. The van der Waals surface area contributed by atoms with Gasteiger partial charge in [0.15, 0.2) is 6.10 Å². The number of ether oxygens (including phenoxy) is 1. The molecule has 0 radical (unpaired) electrons. The Morgan fingerprint density at radius 2 is 1.64 bits per heavy atom. The molecule has 198 valence electrons. The smallest absolute Gasteiger partial charge is 0.266 e. The maximum absolute atomic E-state index is 13.9. The summed E-state index contributed by atoms with van der Waals surface area (Å²) >= 11 is 12.5. The molecule has 3 aromatic carbocycles. The second kappa shape index (κ2) is 10.4. The second-order valence-electron chi connectivity index (χ2n) is 9.34. The number of hydrogen-bond acceptors (Lipinski definition) is 6. The molecule has 0 aliphatic carbocycles. The number of imide groups is 1. The zero-order valence-corrected chi connectivity index (χ0v) is 22.4. The first-order chi connectivity index (χ1) is 19.0. The van der Waals surface area contributed by atoms with Crippen molar-refractivity contribution < 1.29 is 23.6 Å². The molecule has 0 unspecified atom stereocenters. The number of para-hydroxylation sites is 1. The number of hydroxylamine groups is 1. The van der Waals surface area contributed by atoms with Gasteiger partial charge in [-0.15, -0.1) is 0 Å². The highest BCUT2D eigenvalue weighted by atomic mass is 35.5. The van der Waals surface area contributed by atoms with Crippen molar-refractivity contribution in [2.24, 2.45) is 5.92 Å². The summed E-state index contributed by atoms with van der Waals surface area (Å²) in [7, 11) is 0. The van der Waals surface area contributed by atoms with Gasteiger partial charge < -0.3 is 9.15 Å². The molecular weight excluding hydrogens is 539 g/mol. The zero-order valence-electron chi connectivity index (χ0n) is 20.9. The first-order valence-corrected chi connectivity index (χ1v) is 13.4. The third-order valence-corrected chi connectivity index (χ3v) is 7.36. The number of anilines is 2. The largest absolute Gasteiger partial charge is 0.494 e. The van der Waals surface area contributed by atoms with E-state index in [-0.39, 0.29) is 5.91 Å². The molecule has 2 amide bonds. The van der Waals surface area contributed by atoms with Crippen LogP contribution in [0.2, 0.25) is 10.0 Å². The van der Waals surface area contributed by atoms with Crippen molar-refractivity contribution in [3.05, 3.63) is 101 Å². The van der Waals surface area contributed by atoms with Crippen LogP contribution < -0.4 is 14.7 Å². The molecule has 0 bridgehead atoms. The Bertz CT molecular complexity index is 1520. The molecule has 1 aromatic heterocycles. The van der Waals surface area contributed by atoms with E-state index in [1.54, 1.807) is 59.7 Å². The lowest BCUT2D eigenvalue weighted by Gasteiger charge is -2.27. The van der Waals surface area contributed by atoms with Crippen molar-refractivity contribution in [3.63, 3.8) is 0 Å². The predicted molar refractivity (Wildman–Crippen MR) is 149 cm³/mol. The first kappa shape index (κ1) is 25.5. The van der Waals surface area contributed by atoms with Crippen molar-refractivity contribution in [3.8, 4) is 17.1 Å². The van der Waals surface area contributed by atoms with Crippen LogP contribution in [0.15, 0.2) is 89.3 Å². The van der Waals surface area contributed by atoms with Gasteiger partial charge in [0, 0.05) is 10.6 Å². The van der Waals surface area contributed by atoms with Crippen molar-refractivity contribution in [1.82, 2.24) is 0 Å². The number of hydrogen-bond donors (Lipinski definition) is 0. The number of halogens is 2. The van der Waals surface area contributed by atoms with E-state index < -0.39 is 24.0 Å². The van der Waals surface area contributed by atoms with Crippen LogP contribution >= 0.6 is 23.2 Å². The van der Waals surface area contributed by atoms with Gasteiger partial charge in [0.2, 0.25) is 5.91 Å². The van der Waals surface area contributed by atoms with Gasteiger partial charge in [-0.05, 0) is 73.2 Å². The summed E-state index contributed by atoms with van der Waals surface area (Å²) in [5.74, 6) is 0.0427. The summed E-state index contributed by atoms with van der Waals surface area (Å²) in [6.07, 6.45) is -0.129. The molecule has 2 saturated heterocycles. The number of benzene rings is 3. The van der Waals surface area contributed by atoms with Gasteiger partial charge in [-0.1, -0.05) is 48.3 Å². The van der Waals surface area contributed by atoms with Gasteiger partial charge in [-0.2, -0.15) is 0 Å². The highest BCUT2D eigenvalue weighted by molar-refractivity contribution is 6.36. The predicted octanol–water partition coefficient (Wildman–Crippen LogP) is 7.09. The quantitative estimate of drug-likeness (QED) is 0.224. The van der Waals surface area contributed by atoms with E-state index in [0.717, 1.165) is 6.42 Å². The molecule has 0 N–H and O–H groups in total. The summed E-state index contributed by atoms with van der Waals surface area (Å²) in [4.78, 5) is 34.8. The first-order valence-electron chi connectivity index (χ1n) is 12.6. The standard InChI is InChI=1S/C30H24Cl2N2O5/c1-2-16-37-21-11-9-19(10-12-21)33-29(35)26-27(34(39-28(26)30(33)36)20-6-4-3-5-7-20)25-15-14-24(38-25)22-13-8-18(31)17-23(22)32/h3-15,17,26-28H,2,16H2,1H3/t26-,27+,28-/m0/s1. The molecule has 2 aliphatic heterocycles. The van der Waals surface area contributed by atoms with Gasteiger partial charge >= 0.3 is 0 Å². The van der Waals surface area contributed by atoms with E-state index >= 15 is 0 Å². The monoisotopic (exact) mass is 562 g/mol. The number of carbonyl (C=O) groups is 2. The summed E-state index contributed by atoms with van der Waals surface area (Å²) in [5, 5.41) is 2.54. The van der Waals surface area contributed by atoms with Crippen LogP contribution in [0.5, 0.6) is 5.75 Å². The molecule has 39 heavy (non-hydrogen) atoms. The topological polar surface area (TPSA) is 72.2 Å². The van der Waals surface area contributed by atoms with Crippen molar-refractivity contribution in [1.29, 1.82) is 0 Å². The second-order valence-corrected chi connectivity index (χ2v) is 10.2. The lowest BCUT2D eigenvalue weighted by atomic mass is 9.94. The fraction of sp³-hybridized carbons (Fsp3) is 0.200. The molecule has 3 atom stereocenters. The molecular formula is C30H24Cl2N2O5. The fourth-order valence-corrected chi connectivity index (χ4v) is 5.52. The fourth-order valence-electron chi connectivity index (χ4n) is 5.01. The maximum Gasteiger partial charge on any atom is 0.266 e. The van der Waals surface area contributed by atoms with Crippen LogP contribution in [0.3, 0.4) is 0 Å². The summed E-state index contributed by atoms with van der Waals surface area (Å²) in [5.41, 5.74) is 1.82. The van der Waals surface area contributed by atoms with Crippen molar-refractivity contribution in [2.75, 3.05) is 16.6 Å². The van der Waals surface area contributed by atoms with Gasteiger partial charge in [0.05, 0.1) is 23.0 Å². The minimum absolute atomic E-state index is 0.363. The Balaban J connectivity index is 1.36. The molecule has 2 aliphatic rings. The average molecular weight is 563 g/mol. The lowest BCUT2D eigenvalue weighted by molar-refractivity contribution is -0.126. The van der Waals surface area contributed by atoms with Gasteiger partial charge in [-0.3, -0.25) is 14.4 Å². The Labute approximate surface area is 235 Å². The minimum atomic E-state index is -1.01. The number of furan rings is 1. The van der Waals surface area contributed by atoms with Crippen LogP contribution in [0.1, 0.15) is 25.1 Å². The molecule has 3 heterocycles. The van der Waals surface area contributed by atoms with E-state index in [0.29, 0.717) is 50.9 Å². The number of fused-ring (bicyclic) bond motifs is 1. The third kappa shape index (κ3) is 4.56. The van der Waals surface area contributed by atoms with Gasteiger partial charge in [0.25, 0.3) is 5.91 Å². The zero-order chi connectivity index (χ0) is 27.1. The maximum atomic E-state index is 13.9. The molecule has 0 spiro atoms. The van der Waals surface area contributed by atoms with Crippen LogP contribution in [0.4, 0.5) is 11.4 Å². The Hall–Kier alpha value is -3.78. The molecule has 9 heteroatoms. The summed E-state index contributed by atoms with van der Waals surface area (Å²) < 4.78 is 11.9. The minimum Gasteiger partial charge on any atom is -0.494 e. The number of nitrogens with zero attached hydrogens (tertiary/aromatic N) is 2. The molecule has 7 nitrogen and oxygen atoms in total. The molecule has 0 saturated carbocycles. The Morgan fingerprint density at radius 3 is 2.36 bits per heavy atom. The highest BCUT2D eigenvalue weighted by Gasteiger charge is 2.61. The lowest BCUT2D eigenvalue weighted by Crippen LogP contribution is -2.37. The summed E-state index contributed by atoms with van der Waals surface area (Å²) in [6.45, 7) is 2.61. The number of rotatable bonds is 7. The summed E-state index contributed by atoms with van der Waals surface area (Å²) in [6, 6.07) is 24.3. The number of carbonyl (C=O) groups excluding carboxylic acids is 2. The van der Waals surface area contributed by atoms with Crippen LogP contribution in [-0.4, -0.2) is 24.5 Å².